The Balaban J connectivity index is 1.80. The summed E-state index contributed by atoms with van der Waals surface area (Å²) in [6.45, 7) is 5.82. The molecule has 0 aliphatic rings. The maximum atomic E-state index is 13.4. The second kappa shape index (κ2) is 10.7. The number of nitrogens with one attached hydrogen (secondary N) is 3. The van der Waals surface area contributed by atoms with Crippen molar-refractivity contribution in [3.8, 4) is 0 Å². The summed E-state index contributed by atoms with van der Waals surface area (Å²) in [6.07, 6.45) is 2.71. The van der Waals surface area contributed by atoms with E-state index in [1.54, 1.807) is 19.2 Å². The van der Waals surface area contributed by atoms with Crippen LogP contribution in [0.1, 0.15) is 12.5 Å². The van der Waals surface area contributed by atoms with Gasteiger partial charge in [0.25, 0.3) is 0 Å². The van der Waals surface area contributed by atoms with E-state index >= 15 is 0 Å². The SMILES string of the molecule is CCNC(=NCCOCCOC)NCCc1c[nH]c2ccc(F)cc12. The van der Waals surface area contributed by atoms with Gasteiger partial charge in [-0.05, 0) is 37.1 Å². The molecular weight excluding hydrogens is 323 g/mol. The molecule has 0 atom stereocenters. The topological polar surface area (TPSA) is 70.7 Å². The van der Waals surface area contributed by atoms with Crippen molar-refractivity contribution in [3.05, 3.63) is 35.8 Å². The molecule has 2 aromatic rings. The summed E-state index contributed by atoms with van der Waals surface area (Å²) in [6, 6.07) is 4.79. The molecule has 0 unspecified atom stereocenters. The van der Waals surface area contributed by atoms with E-state index in [0.717, 1.165) is 35.4 Å². The van der Waals surface area contributed by atoms with Crippen molar-refractivity contribution >= 4 is 16.9 Å². The summed E-state index contributed by atoms with van der Waals surface area (Å²) in [7, 11) is 1.65. The number of aromatic amines is 1. The van der Waals surface area contributed by atoms with E-state index in [1.165, 1.54) is 6.07 Å². The molecule has 0 radical (unpaired) electrons. The second-order valence-corrected chi connectivity index (χ2v) is 5.55. The van der Waals surface area contributed by atoms with Crippen molar-refractivity contribution in [3.63, 3.8) is 0 Å². The fourth-order valence-corrected chi connectivity index (χ4v) is 2.48. The van der Waals surface area contributed by atoms with Gasteiger partial charge in [0, 0.05) is 37.3 Å². The highest BCUT2D eigenvalue weighted by atomic mass is 19.1. The Morgan fingerprint density at radius 2 is 2.12 bits per heavy atom. The predicted molar refractivity (Wildman–Crippen MR) is 98.6 cm³/mol. The summed E-state index contributed by atoms with van der Waals surface area (Å²) in [5.74, 6) is 0.536. The number of halogens is 1. The summed E-state index contributed by atoms with van der Waals surface area (Å²) in [5.41, 5.74) is 2.03. The summed E-state index contributed by atoms with van der Waals surface area (Å²) >= 11 is 0. The van der Waals surface area contributed by atoms with Gasteiger partial charge in [-0.3, -0.25) is 4.99 Å². The zero-order valence-electron chi connectivity index (χ0n) is 14.9. The number of H-pyrrole nitrogens is 1. The summed E-state index contributed by atoms with van der Waals surface area (Å²) in [4.78, 5) is 7.64. The molecule has 6 nitrogen and oxygen atoms in total. The Labute approximate surface area is 147 Å². The number of benzene rings is 1. The highest BCUT2D eigenvalue weighted by molar-refractivity contribution is 5.83. The molecule has 0 spiro atoms. The van der Waals surface area contributed by atoms with Crippen LogP contribution in [0.3, 0.4) is 0 Å². The molecule has 1 heterocycles. The number of aliphatic imine (C=N–C) groups is 1. The standard InChI is InChI=1S/C18H27FN4O2/c1-3-20-18(22-8-9-25-11-10-24-2)21-7-6-14-13-23-17-5-4-15(19)12-16(14)17/h4-5,12-13,23H,3,6-11H2,1-2H3,(H2,20,21,22). The van der Waals surface area contributed by atoms with Crippen molar-refractivity contribution in [1.29, 1.82) is 0 Å². The van der Waals surface area contributed by atoms with Crippen molar-refractivity contribution < 1.29 is 13.9 Å². The second-order valence-electron chi connectivity index (χ2n) is 5.55. The van der Waals surface area contributed by atoms with E-state index in [2.05, 4.69) is 20.6 Å². The Bertz CT molecular complexity index is 672. The lowest BCUT2D eigenvalue weighted by Gasteiger charge is -2.11. The van der Waals surface area contributed by atoms with Crippen LogP contribution in [0.4, 0.5) is 4.39 Å². The highest BCUT2D eigenvalue weighted by Gasteiger charge is 2.05. The van der Waals surface area contributed by atoms with Gasteiger partial charge in [-0.25, -0.2) is 4.39 Å². The van der Waals surface area contributed by atoms with Crippen molar-refractivity contribution in [1.82, 2.24) is 15.6 Å². The van der Waals surface area contributed by atoms with Crippen LogP contribution in [-0.2, 0) is 15.9 Å². The van der Waals surface area contributed by atoms with Gasteiger partial charge >= 0.3 is 0 Å². The Morgan fingerprint density at radius 1 is 1.24 bits per heavy atom. The third-order valence-corrected chi connectivity index (χ3v) is 3.70. The van der Waals surface area contributed by atoms with Crippen LogP contribution in [0.25, 0.3) is 10.9 Å². The minimum Gasteiger partial charge on any atom is -0.382 e. The lowest BCUT2D eigenvalue weighted by molar-refractivity contribution is 0.0748. The van der Waals surface area contributed by atoms with Crippen molar-refractivity contribution in [2.45, 2.75) is 13.3 Å². The summed E-state index contributed by atoms with van der Waals surface area (Å²) in [5, 5.41) is 7.42. The number of hydrogen-bond acceptors (Lipinski definition) is 3. The first-order chi connectivity index (χ1) is 12.2. The molecule has 1 aromatic heterocycles. The average Bonchev–Trinajstić information content (AvgIpc) is 3.00. The maximum absolute atomic E-state index is 13.4. The fraction of sp³-hybridized carbons (Fsp3) is 0.500. The first-order valence-corrected chi connectivity index (χ1v) is 8.59. The number of methoxy groups -OCH3 is 1. The fourth-order valence-electron chi connectivity index (χ4n) is 2.48. The number of hydrogen-bond donors (Lipinski definition) is 3. The number of fused-ring (bicyclic) bond motifs is 1. The van der Waals surface area contributed by atoms with Gasteiger partial charge in [-0.15, -0.1) is 0 Å². The van der Waals surface area contributed by atoms with Crippen molar-refractivity contribution in [2.75, 3.05) is 46.6 Å². The van der Waals surface area contributed by atoms with Gasteiger partial charge in [-0.1, -0.05) is 0 Å². The molecule has 3 N–H and O–H groups in total. The minimum atomic E-state index is -0.218. The molecule has 0 aliphatic carbocycles. The Morgan fingerprint density at radius 3 is 2.92 bits per heavy atom. The van der Waals surface area contributed by atoms with Crippen LogP contribution in [0.2, 0.25) is 0 Å². The molecular formula is C18H27FN4O2. The van der Waals surface area contributed by atoms with Crippen LogP contribution in [0.15, 0.2) is 29.4 Å². The molecule has 0 fully saturated rings. The third kappa shape index (κ3) is 6.36. The van der Waals surface area contributed by atoms with Crippen LogP contribution in [0.5, 0.6) is 0 Å². The largest absolute Gasteiger partial charge is 0.382 e. The van der Waals surface area contributed by atoms with Crippen LogP contribution >= 0.6 is 0 Å². The van der Waals surface area contributed by atoms with Crippen LogP contribution in [-0.4, -0.2) is 57.5 Å². The molecule has 2 rings (SSSR count). The quantitative estimate of drug-likeness (QED) is 0.348. The van der Waals surface area contributed by atoms with Crippen LogP contribution < -0.4 is 10.6 Å². The van der Waals surface area contributed by atoms with Gasteiger partial charge in [0.1, 0.15) is 5.82 Å². The number of nitrogens with zero attached hydrogens (tertiary/aromatic N) is 1. The van der Waals surface area contributed by atoms with E-state index < -0.39 is 0 Å². The number of aromatic nitrogens is 1. The number of ether oxygens (including phenoxy) is 2. The van der Waals surface area contributed by atoms with Crippen molar-refractivity contribution in [2.24, 2.45) is 4.99 Å². The van der Waals surface area contributed by atoms with E-state index in [4.69, 9.17) is 9.47 Å². The first kappa shape index (κ1) is 19.2. The third-order valence-electron chi connectivity index (χ3n) is 3.70. The normalized spacial score (nSPS) is 11.9. The van der Waals surface area contributed by atoms with E-state index in [-0.39, 0.29) is 5.82 Å². The zero-order valence-corrected chi connectivity index (χ0v) is 14.9. The van der Waals surface area contributed by atoms with E-state index in [9.17, 15) is 4.39 Å². The Hall–Kier alpha value is -2.12. The minimum absolute atomic E-state index is 0.218. The molecule has 25 heavy (non-hydrogen) atoms. The molecule has 0 amide bonds. The average molecular weight is 350 g/mol. The molecule has 138 valence electrons. The predicted octanol–water partition coefficient (Wildman–Crippen LogP) is 2.07. The van der Waals surface area contributed by atoms with E-state index in [1.807, 2.05) is 13.1 Å². The number of rotatable bonds is 10. The van der Waals surface area contributed by atoms with Crippen LogP contribution in [0, 0.1) is 5.82 Å². The van der Waals surface area contributed by atoms with Gasteiger partial charge in [0.15, 0.2) is 5.96 Å². The highest BCUT2D eigenvalue weighted by Crippen LogP contribution is 2.19. The molecule has 0 aliphatic heterocycles. The molecule has 7 heteroatoms. The zero-order chi connectivity index (χ0) is 17.9. The Kier molecular flexibility index (Phi) is 8.21. The van der Waals surface area contributed by atoms with Gasteiger partial charge in [0.2, 0.25) is 0 Å². The van der Waals surface area contributed by atoms with Gasteiger partial charge in [0.05, 0.1) is 26.4 Å². The smallest absolute Gasteiger partial charge is 0.191 e. The number of guanidine groups is 1. The van der Waals surface area contributed by atoms with Gasteiger partial charge in [-0.2, -0.15) is 0 Å². The maximum Gasteiger partial charge on any atom is 0.191 e. The van der Waals surface area contributed by atoms with E-state index in [0.29, 0.717) is 32.9 Å². The van der Waals surface area contributed by atoms with Gasteiger partial charge < -0.3 is 25.1 Å². The lowest BCUT2D eigenvalue weighted by atomic mass is 10.1. The summed E-state index contributed by atoms with van der Waals surface area (Å²) < 4.78 is 23.7. The monoisotopic (exact) mass is 350 g/mol. The first-order valence-electron chi connectivity index (χ1n) is 8.59. The molecule has 0 saturated carbocycles. The molecule has 0 saturated heterocycles. The molecule has 1 aromatic carbocycles. The lowest BCUT2D eigenvalue weighted by Crippen LogP contribution is -2.38. The molecule has 0 bridgehead atoms.